The van der Waals surface area contributed by atoms with Crippen LogP contribution in [0.2, 0.25) is 10.0 Å². The molecule has 0 fully saturated rings. The lowest BCUT2D eigenvalue weighted by atomic mass is 10.1. The van der Waals surface area contributed by atoms with Crippen molar-refractivity contribution in [3.63, 3.8) is 0 Å². The molecule has 0 spiro atoms. The molecule has 0 aliphatic rings. The van der Waals surface area contributed by atoms with E-state index in [0.29, 0.717) is 11.1 Å². The number of hydrogen-bond donors (Lipinski definition) is 1. The standard InChI is InChI=1S/C12H10Cl2O4/c1-6(12(17)18-2)3-8-9(13)4-7(11(15)16)5-10(8)14/h3-5H,1-2H3,(H,15,16)/b6-3-. The first-order valence-corrected chi connectivity index (χ1v) is 5.61. The van der Waals surface area contributed by atoms with Crippen LogP contribution in [-0.4, -0.2) is 24.2 Å². The summed E-state index contributed by atoms with van der Waals surface area (Å²) >= 11 is 11.9. The quantitative estimate of drug-likeness (QED) is 0.685. The van der Waals surface area contributed by atoms with Crippen LogP contribution in [-0.2, 0) is 9.53 Å². The van der Waals surface area contributed by atoms with Crippen LogP contribution in [0.1, 0.15) is 22.8 Å². The molecule has 0 aliphatic heterocycles. The highest BCUT2D eigenvalue weighted by molar-refractivity contribution is 6.37. The second-order valence-electron chi connectivity index (χ2n) is 3.48. The molecule has 96 valence electrons. The van der Waals surface area contributed by atoms with E-state index < -0.39 is 11.9 Å². The maximum absolute atomic E-state index is 11.2. The van der Waals surface area contributed by atoms with Crippen molar-refractivity contribution < 1.29 is 19.4 Å². The van der Waals surface area contributed by atoms with Gasteiger partial charge < -0.3 is 9.84 Å². The van der Waals surface area contributed by atoms with Crippen molar-refractivity contribution in [2.24, 2.45) is 0 Å². The highest BCUT2D eigenvalue weighted by Gasteiger charge is 2.12. The van der Waals surface area contributed by atoms with Crippen molar-refractivity contribution >= 4 is 41.2 Å². The van der Waals surface area contributed by atoms with Gasteiger partial charge >= 0.3 is 11.9 Å². The number of halogens is 2. The van der Waals surface area contributed by atoms with E-state index in [1.54, 1.807) is 6.92 Å². The lowest BCUT2D eigenvalue weighted by Crippen LogP contribution is -2.02. The molecule has 1 aromatic rings. The lowest BCUT2D eigenvalue weighted by Gasteiger charge is -2.05. The summed E-state index contributed by atoms with van der Waals surface area (Å²) < 4.78 is 4.54. The zero-order chi connectivity index (χ0) is 13.9. The molecule has 6 heteroatoms. The molecule has 1 rings (SSSR count). The Bertz CT molecular complexity index is 512. The Labute approximate surface area is 114 Å². The van der Waals surface area contributed by atoms with Gasteiger partial charge in [-0.15, -0.1) is 0 Å². The SMILES string of the molecule is COC(=O)/C(C)=C\c1c(Cl)cc(C(=O)O)cc1Cl. The van der Waals surface area contributed by atoms with Crippen molar-refractivity contribution in [2.75, 3.05) is 7.11 Å². The highest BCUT2D eigenvalue weighted by atomic mass is 35.5. The summed E-state index contributed by atoms with van der Waals surface area (Å²) in [5, 5.41) is 9.14. The van der Waals surface area contributed by atoms with Crippen LogP contribution in [0.25, 0.3) is 6.08 Å². The van der Waals surface area contributed by atoms with Crippen LogP contribution < -0.4 is 0 Å². The van der Waals surface area contributed by atoms with E-state index in [4.69, 9.17) is 28.3 Å². The van der Waals surface area contributed by atoms with Gasteiger partial charge in [-0.3, -0.25) is 0 Å². The third kappa shape index (κ3) is 3.24. The molecule has 0 saturated heterocycles. The number of carboxylic acids is 1. The van der Waals surface area contributed by atoms with Crippen molar-refractivity contribution in [3.05, 3.63) is 38.9 Å². The Morgan fingerprint density at radius 3 is 2.17 bits per heavy atom. The van der Waals surface area contributed by atoms with Crippen molar-refractivity contribution in [2.45, 2.75) is 6.92 Å². The van der Waals surface area contributed by atoms with E-state index >= 15 is 0 Å². The number of methoxy groups -OCH3 is 1. The Kier molecular flexibility index (Phi) is 4.76. The second kappa shape index (κ2) is 5.89. The van der Waals surface area contributed by atoms with Crippen LogP contribution in [0.3, 0.4) is 0 Å². The largest absolute Gasteiger partial charge is 0.478 e. The molecule has 0 saturated carbocycles. The maximum Gasteiger partial charge on any atom is 0.335 e. The minimum atomic E-state index is -1.13. The number of benzene rings is 1. The number of esters is 1. The summed E-state index contributed by atoms with van der Waals surface area (Å²) in [7, 11) is 1.26. The first kappa shape index (κ1) is 14.5. The molecule has 18 heavy (non-hydrogen) atoms. The number of hydrogen-bond acceptors (Lipinski definition) is 3. The van der Waals surface area contributed by atoms with Gasteiger partial charge in [0.1, 0.15) is 0 Å². The molecule has 0 aromatic heterocycles. The summed E-state index contributed by atoms with van der Waals surface area (Å²) in [4.78, 5) is 22.0. The van der Waals surface area contributed by atoms with E-state index in [1.807, 2.05) is 0 Å². The topological polar surface area (TPSA) is 63.6 Å². The highest BCUT2D eigenvalue weighted by Crippen LogP contribution is 2.29. The van der Waals surface area contributed by atoms with Gasteiger partial charge in [0.15, 0.2) is 0 Å². The smallest absolute Gasteiger partial charge is 0.335 e. The van der Waals surface area contributed by atoms with Crippen LogP contribution in [0.15, 0.2) is 17.7 Å². The van der Waals surface area contributed by atoms with Gasteiger partial charge in [0.05, 0.1) is 22.7 Å². The first-order valence-electron chi connectivity index (χ1n) is 4.85. The van der Waals surface area contributed by atoms with Gasteiger partial charge in [-0.1, -0.05) is 23.2 Å². The van der Waals surface area contributed by atoms with E-state index in [9.17, 15) is 9.59 Å². The number of rotatable bonds is 3. The average molecular weight is 289 g/mol. The van der Waals surface area contributed by atoms with Crippen LogP contribution in [0, 0.1) is 0 Å². The Morgan fingerprint density at radius 1 is 1.28 bits per heavy atom. The zero-order valence-electron chi connectivity index (χ0n) is 9.66. The fourth-order valence-corrected chi connectivity index (χ4v) is 1.88. The van der Waals surface area contributed by atoms with Gasteiger partial charge in [-0.25, -0.2) is 9.59 Å². The molecule has 0 aliphatic carbocycles. The van der Waals surface area contributed by atoms with E-state index in [-0.39, 0.29) is 15.6 Å². The second-order valence-corrected chi connectivity index (χ2v) is 4.29. The molecule has 0 amide bonds. The number of ether oxygens (including phenoxy) is 1. The normalized spacial score (nSPS) is 11.2. The van der Waals surface area contributed by atoms with Gasteiger partial charge in [0.2, 0.25) is 0 Å². The van der Waals surface area contributed by atoms with Crippen LogP contribution >= 0.6 is 23.2 Å². The third-order valence-electron chi connectivity index (χ3n) is 2.19. The summed E-state index contributed by atoms with van der Waals surface area (Å²) in [5.41, 5.74) is 0.675. The molecular weight excluding hydrogens is 279 g/mol. The Balaban J connectivity index is 3.27. The number of carbonyl (C=O) groups excluding carboxylic acids is 1. The van der Waals surface area contributed by atoms with Gasteiger partial charge in [0, 0.05) is 11.1 Å². The van der Waals surface area contributed by atoms with Crippen molar-refractivity contribution in [1.29, 1.82) is 0 Å². The molecular formula is C12H10Cl2O4. The summed E-state index contributed by atoms with van der Waals surface area (Å²) in [6.07, 6.45) is 1.45. The Morgan fingerprint density at radius 2 is 1.78 bits per heavy atom. The number of carboxylic acid groups (broad SMARTS) is 1. The van der Waals surface area contributed by atoms with E-state index in [2.05, 4.69) is 4.74 Å². The Hall–Kier alpha value is -1.52. The zero-order valence-corrected chi connectivity index (χ0v) is 11.2. The molecule has 0 bridgehead atoms. The van der Waals surface area contributed by atoms with Crippen molar-refractivity contribution in [1.82, 2.24) is 0 Å². The van der Waals surface area contributed by atoms with Gasteiger partial charge in [-0.2, -0.15) is 0 Å². The fourth-order valence-electron chi connectivity index (χ4n) is 1.28. The maximum atomic E-state index is 11.2. The van der Waals surface area contributed by atoms with Gasteiger partial charge in [0.25, 0.3) is 0 Å². The van der Waals surface area contributed by atoms with Crippen molar-refractivity contribution in [3.8, 4) is 0 Å². The molecule has 1 aromatic carbocycles. The fraction of sp³-hybridized carbons (Fsp3) is 0.167. The summed E-state index contributed by atoms with van der Waals surface area (Å²) in [6, 6.07) is 2.54. The first-order chi connectivity index (χ1) is 8.36. The molecule has 0 radical (unpaired) electrons. The molecule has 0 heterocycles. The number of aromatic carboxylic acids is 1. The molecule has 0 atom stereocenters. The predicted octanol–water partition coefficient (Wildman–Crippen LogP) is 3.27. The minimum absolute atomic E-state index is 0.0159. The molecule has 0 unspecified atom stereocenters. The summed E-state index contributed by atoms with van der Waals surface area (Å²) in [6.45, 7) is 1.55. The van der Waals surface area contributed by atoms with Gasteiger partial charge in [-0.05, 0) is 25.1 Å². The predicted molar refractivity (Wildman–Crippen MR) is 69.1 cm³/mol. The van der Waals surface area contributed by atoms with Crippen LogP contribution in [0.5, 0.6) is 0 Å². The minimum Gasteiger partial charge on any atom is -0.478 e. The monoisotopic (exact) mass is 288 g/mol. The summed E-state index contributed by atoms with van der Waals surface area (Å²) in [5.74, 6) is -1.64. The van der Waals surface area contributed by atoms with Crippen LogP contribution in [0.4, 0.5) is 0 Å². The number of carbonyl (C=O) groups is 2. The lowest BCUT2D eigenvalue weighted by molar-refractivity contribution is -0.135. The third-order valence-corrected chi connectivity index (χ3v) is 2.82. The average Bonchev–Trinajstić information content (AvgIpc) is 2.31. The molecule has 1 N–H and O–H groups in total. The van der Waals surface area contributed by atoms with E-state index in [0.717, 1.165) is 0 Å². The molecule has 4 nitrogen and oxygen atoms in total. The van der Waals surface area contributed by atoms with E-state index in [1.165, 1.54) is 25.3 Å².